The average Bonchev–Trinajstić information content (AvgIpc) is 2.10. The number of thiazole rings is 1. The van der Waals surface area contributed by atoms with Crippen molar-refractivity contribution in [1.29, 1.82) is 5.26 Å². The van der Waals surface area contributed by atoms with Crippen molar-refractivity contribution in [2.75, 3.05) is 0 Å². The van der Waals surface area contributed by atoms with Crippen LogP contribution in [0.1, 0.15) is 5.69 Å². The third kappa shape index (κ3) is 0.925. The van der Waals surface area contributed by atoms with Crippen LogP contribution < -0.4 is 0 Å². The molecular formula is C4H2N2O2S. The summed E-state index contributed by atoms with van der Waals surface area (Å²) < 4.78 is 0. The number of rotatable bonds is 0. The molecule has 2 N–H and O–H groups in total. The minimum atomic E-state index is -0.288. The zero-order valence-corrected chi connectivity index (χ0v) is 5.01. The minimum Gasteiger partial charge on any atom is -0.497 e. The lowest BCUT2D eigenvalue weighted by Crippen LogP contribution is -1.69. The predicted octanol–water partition coefficient (Wildman–Crippen LogP) is 0.426. The summed E-state index contributed by atoms with van der Waals surface area (Å²) in [5, 5.41) is 24.9. The molecule has 0 aliphatic carbocycles. The lowest BCUT2D eigenvalue weighted by atomic mass is 10.5. The fourth-order valence-electron chi connectivity index (χ4n) is 0.374. The van der Waals surface area contributed by atoms with Crippen LogP contribution >= 0.6 is 11.3 Å². The number of hydrogen-bond acceptors (Lipinski definition) is 5. The van der Waals surface area contributed by atoms with Crippen molar-refractivity contribution in [3.63, 3.8) is 0 Å². The summed E-state index contributed by atoms with van der Waals surface area (Å²) in [7, 11) is 0. The molecule has 0 fully saturated rings. The lowest BCUT2D eigenvalue weighted by Gasteiger charge is -1.73. The van der Waals surface area contributed by atoms with Crippen molar-refractivity contribution < 1.29 is 10.2 Å². The summed E-state index contributed by atoms with van der Waals surface area (Å²) in [5.41, 5.74) is -0.127. The van der Waals surface area contributed by atoms with E-state index in [0.717, 1.165) is 0 Å². The van der Waals surface area contributed by atoms with Gasteiger partial charge in [-0.05, 0) is 11.3 Å². The maximum Gasteiger partial charge on any atom is 0.275 e. The third-order valence-corrected chi connectivity index (χ3v) is 1.36. The van der Waals surface area contributed by atoms with E-state index < -0.39 is 0 Å². The molecular weight excluding hydrogens is 140 g/mol. The van der Waals surface area contributed by atoms with Crippen LogP contribution in [0.3, 0.4) is 0 Å². The van der Waals surface area contributed by atoms with Crippen LogP contribution in [-0.2, 0) is 0 Å². The Morgan fingerprint density at radius 3 is 2.44 bits per heavy atom. The Kier molecular flexibility index (Phi) is 1.24. The van der Waals surface area contributed by atoms with Gasteiger partial charge in [0.15, 0.2) is 5.69 Å². The van der Waals surface area contributed by atoms with Gasteiger partial charge in [0.1, 0.15) is 6.07 Å². The normalized spacial score (nSPS) is 8.78. The molecule has 0 amide bonds. The fourth-order valence-corrected chi connectivity index (χ4v) is 0.872. The van der Waals surface area contributed by atoms with Gasteiger partial charge in [-0.2, -0.15) is 10.2 Å². The number of hydrogen-bond donors (Lipinski definition) is 2. The van der Waals surface area contributed by atoms with Crippen LogP contribution in [0, 0.1) is 11.3 Å². The molecule has 1 rings (SSSR count). The van der Waals surface area contributed by atoms with Crippen molar-refractivity contribution in [3.8, 4) is 16.3 Å². The van der Waals surface area contributed by atoms with Crippen LogP contribution in [-0.4, -0.2) is 15.2 Å². The van der Waals surface area contributed by atoms with Crippen molar-refractivity contribution in [1.82, 2.24) is 4.98 Å². The van der Waals surface area contributed by atoms with Crippen molar-refractivity contribution in [2.45, 2.75) is 0 Å². The van der Waals surface area contributed by atoms with E-state index >= 15 is 0 Å². The molecule has 0 saturated heterocycles. The quantitative estimate of drug-likeness (QED) is 0.550. The highest BCUT2D eigenvalue weighted by atomic mass is 32.1. The molecule has 9 heavy (non-hydrogen) atoms. The smallest absolute Gasteiger partial charge is 0.275 e. The molecule has 0 radical (unpaired) electrons. The Balaban J connectivity index is 3.20. The number of aromatic hydroxyl groups is 2. The minimum absolute atomic E-state index is 0.127. The van der Waals surface area contributed by atoms with Crippen LogP contribution in [0.2, 0.25) is 0 Å². The maximum absolute atomic E-state index is 8.70. The van der Waals surface area contributed by atoms with E-state index in [1.165, 1.54) is 0 Å². The van der Waals surface area contributed by atoms with Gasteiger partial charge in [0.05, 0.1) is 0 Å². The molecule has 4 nitrogen and oxygen atoms in total. The van der Waals surface area contributed by atoms with Gasteiger partial charge in [0.2, 0.25) is 5.06 Å². The van der Waals surface area contributed by atoms with Gasteiger partial charge < -0.3 is 10.2 Å². The van der Waals surface area contributed by atoms with Gasteiger partial charge >= 0.3 is 0 Å². The highest BCUT2D eigenvalue weighted by Crippen LogP contribution is 2.28. The van der Waals surface area contributed by atoms with Crippen LogP contribution in [0.4, 0.5) is 0 Å². The van der Waals surface area contributed by atoms with E-state index in [1.807, 2.05) is 0 Å². The largest absolute Gasteiger partial charge is 0.497 e. The highest BCUT2D eigenvalue weighted by molar-refractivity contribution is 7.15. The van der Waals surface area contributed by atoms with Gasteiger partial charge in [-0.3, -0.25) is 0 Å². The second-order valence-corrected chi connectivity index (χ2v) is 2.22. The molecule has 0 aliphatic heterocycles. The molecule has 1 aromatic heterocycles. The molecule has 1 aromatic rings. The van der Waals surface area contributed by atoms with Gasteiger partial charge in [-0.25, -0.2) is 0 Å². The SMILES string of the molecule is N#Cc1nc(O)sc1O. The van der Waals surface area contributed by atoms with Crippen molar-refractivity contribution >= 4 is 11.3 Å². The first kappa shape index (κ1) is 5.85. The molecule has 0 bridgehead atoms. The fraction of sp³-hybridized carbons (Fsp3) is 0. The summed E-state index contributed by atoms with van der Waals surface area (Å²) in [6.07, 6.45) is 0. The predicted molar refractivity (Wildman–Crippen MR) is 30.2 cm³/mol. The Bertz CT molecular complexity index is 262. The topological polar surface area (TPSA) is 77.1 Å². The van der Waals surface area contributed by atoms with Crippen LogP contribution in [0.5, 0.6) is 10.3 Å². The second kappa shape index (κ2) is 1.91. The average molecular weight is 142 g/mol. The van der Waals surface area contributed by atoms with Gasteiger partial charge in [-0.15, -0.1) is 0 Å². The molecule has 0 atom stereocenters. The van der Waals surface area contributed by atoms with Crippen LogP contribution in [0.15, 0.2) is 0 Å². The Morgan fingerprint density at radius 1 is 1.56 bits per heavy atom. The van der Waals surface area contributed by atoms with Crippen molar-refractivity contribution in [2.24, 2.45) is 0 Å². The van der Waals surface area contributed by atoms with Gasteiger partial charge in [-0.1, -0.05) is 0 Å². The molecule has 46 valence electrons. The summed E-state index contributed by atoms with van der Waals surface area (Å²) in [5.74, 6) is 0. The number of nitrogens with zero attached hydrogens (tertiary/aromatic N) is 2. The second-order valence-electron chi connectivity index (χ2n) is 1.26. The van der Waals surface area contributed by atoms with E-state index in [2.05, 4.69) is 4.98 Å². The first-order chi connectivity index (χ1) is 4.24. The van der Waals surface area contributed by atoms with Crippen molar-refractivity contribution in [3.05, 3.63) is 5.69 Å². The van der Waals surface area contributed by atoms with Gasteiger partial charge in [0.25, 0.3) is 5.19 Å². The Labute approximate surface area is 54.6 Å². The lowest BCUT2D eigenvalue weighted by molar-refractivity contribution is 0.470. The van der Waals surface area contributed by atoms with E-state index in [0.29, 0.717) is 11.3 Å². The summed E-state index contributed by atoms with van der Waals surface area (Å²) in [6.45, 7) is 0. The molecule has 0 aliphatic rings. The zero-order chi connectivity index (χ0) is 6.85. The monoisotopic (exact) mass is 142 g/mol. The van der Waals surface area contributed by atoms with E-state index in [-0.39, 0.29) is 16.0 Å². The summed E-state index contributed by atoms with van der Waals surface area (Å²) in [6, 6.07) is 1.61. The summed E-state index contributed by atoms with van der Waals surface area (Å²) in [4.78, 5) is 3.29. The third-order valence-electron chi connectivity index (χ3n) is 0.704. The standard InChI is InChI=1S/C4H2N2O2S/c5-1-2-3(7)9-4(8)6-2/h7H,(H,6,8). The number of nitriles is 1. The molecule has 1 heterocycles. The Hall–Kier alpha value is -1.28. The number of aromatic nitrogens is 1. The molecule has 0 unspecified atom stereocenters. The first-order valence-electron chi connectivity index (χ1n) is 2.03. The van der Waals surface area contributed by atoms with E-state index in [1.54, 1.807) is 6.07 Å². The molecule has 0 saturated carbocycles. The van der Waals surface area contributed by atoms with Gasteiger partial charge in [0, 0.05) is 0 Å². The Morgan fingerprint density at radius 2 is 2.22 bits per heavy atom. The van der Waals surface area contributed by atoms with E-state index in [9.17, 15) is 0 Å². The molecule has 0 spiro atoms. The molecule has 5 heteroatoms. The highest BCUT2D eigenvalue weighted by Gasteiger charge is 2.06. The molecule has 0 aromatic carbocycles. The van der Waals surface area contributed by atoms with E-state index in [4.69, 9.17) is 15.5 Å². The zero-order valence-electron chi connectivity index (χ0n) is 4.20. The summed E-state index contributed by atoms with van der Waals surface area (Å²) >= 11 is 0.671. The maximum atomic E-state index is 8.70. The first-order valence-corrected chi connectivity index (χ1v) is 2.84. The van der Waals surface area contributed by atoms with Crippen LogP contribution in [0.25, 0.3) is 0 Å².